The molecule has 0 aromatic heterocycles. The molecule has 0 heterocycles. The van der Waals surface area contributed by atoms with Gasteiger partial charge in [0.05, 0.1) is 7.11 Å². The van der Waals surface area contributed by atoms with Gasteiger partial charge in [0, 0.05) is 16.7 Å². The second-order valence-corrected chi connectivity index (χ2v) is 8.10. The highest BCUT2D eigenvalue weighted by Crippen LogP contribution is 2.36. The van der Waals surface area contributed by atoms with Crippen LogP contribution in [0.2, 0.25) is 0 Å². The average Bonchev–Trinajstić information content (AvgIpc) is 2.84. The van der Waals surface area contributed by atoms with Crippen LogP contribution >= 0.6 is 0 Å². The summed E-state index contributed by atoms with van der Waals surface area (Å²) < 4.78 is 63.2. The van der Waals surface area contributed by atoms with Crippen LogP contribution in [0.15, 0.2) is 66.8 Å². The van der Waals surface area contributed by atoms with Crippen molar-refractivity contribution in [2.45, 2.75) is 26.2 Å². The lowest BCUT2D eigenvalue weighted by atomic mass is 9.85. The molecule has 0 aliphatic heterocycles. The third-order valence-electron chi connectivity index (χ3n) is 6.12. The Balaban J connectivity index is 1.62. The van der Waals surface area contributed by atoms with Crippen molar-refractivity contribution in [3.05, 3.63) is 95.6 Å². The molecule has 4 rings (SSSR count). The molecule has 33 heavy (non-hydrogen) atoms. The van der Waals surface area contributed by atoms with Gasteiger partial charge in [0.25, 0.3) is 0 Å². The molecule has 5 heteroatoms. The number of rotatable bonds is 5. The Labute approximate surface area is 191 Å². The molecule has 0 amide bonds. The summed E-state index contributed by atoms with van der Waals surface area (Å²) in [6.45, 7) is 1.98. The van der Waals surface area contributed by atoms with Crippen LogP contribution in [0.4, 0.5) is 17.6 Å². The molecule has 0 N–H and O–H groups in total. The summed E-state index contributed by atoms with van der Waals surface area (Å²) in [7, 11) is 1.26. The highest BCUT2D eigenvalue weighted by molar-refractivity contribution is 5.74. The van der Waals surface area contributed by atoms with E-state index < -0.39 is 23.3 Å². The van der Waals surface area contributed by atoms with Gasteiger partial charge in [0.1, 0.15) is 0 Å². The minimum atomic E-state index is -1.07. The van der Waals surface area contributed by atoms with Crippen LogP contribution in [0.25, 0.3) is 27.8 Å². The minimum Gasteiger partial charge on any atom is -0.494 e. The van der Waals surface area contributed by atoms with E-state index in [0.717, 1.165) is 18.4 Å². The van der Waals surface area contributed by atoms with Crippen molar-refractivity contribution in [2.75, 3.05) is 7.11 Å². The van der Waals surface area contributed by atoms with E-state index in [0.29, 0.717) is 29.0 Å². The first-order valence-corrected chi connectivity index (χ1v) is 10.9. The molecule has 0 saturated carbocycles. The molecule has 0 fully saturated rings. The van der Waals surface area contributed by atoms with Crippen molar-refractivity contribution in [1.82, 2.24) is 0 Å². The van der Waals surface area contributed by atoms with E-state index in [2.05, 4.69) is 6.08 Å². The molecular weight excluding hydrogens is 428 g/mol. The quantitative estimate of drug-likeness (QED) is 0.279. The maximum atomic E-state index is 15.0. The van der Waals surface area contributed by atoms with Gasteiger partial charge < -0.3 is 4.74 Å². The fourth-order valence-corrected chi connectivity index (χ4v) is 4.31. The normalized spacial score (nSPS) is 16.2. The van der Waals surface area contributed by atoms with Crippen molar-refractivity contribution >= 4 is 5.57 Å². The molecule has 1 aliphatic carbocycles. The molecule has 170 valence electrons. The van der Waals surface area contributed by atoms with Gasteiger partial charge in [0.15, 0.2) is 23.2 Å². The van der Waals surface area contributed by atoms with Crippen molar-refractivity contribution < 1.29 is 22.3 Å². The second-order valence-electron chi connectivity index (χ2n) is 8.10. The average molecular weight is 452 g/mol. The number of methoxy groups -OCH3 is 1. The first-order valence-electron chi connectivity index (χ1n) is 10.9. The highest BCUT2D eigenvalue weighted by atomic mass is 19.2. The van der Waals surface area contributed by atoms with Gasteiger partial charge in [-0.25, -0.2) is 13.2 Å². The van der Waals surface area contributed by atoms with Crippen LogP contribution in [0.1, 0.15) is 31.7 Å². The lowest BCUT2D eigenvalue weighted by Gasteiger charge is -2.20. The summed E-state index contributed by atoms with van der Waals surface area (Å²) in [5.74, 6) is -3.63. The van der Waals surface area contributed by atoms with Crippen LogP contribution < -0.4 is 4.74 Å². The smallest absolute Gasteiger partial charge is 0.201 e. The summed E-state index contributed by atoms with van der Waals surface area (Å²) in [6.07, 6.45) is 8.56. The predicted molar refractivity (Wildman–Crippen MR) is 124 cm³/mol. The molecule has 0 saturated heterocycles. The summed E-state index contributed by atoms with van der Waals surface area (Å²) in [6, 6.07) is 12.2. The lowest BCUT2D eigenvalue weighted by Crippen LogP contribution is -2.05. The fraction of sp³-hybridized carbons (Fsp3) is 0.214. The van der Waals surface area contributed by atoms with E-state index in [1.54, 1.807) is 36.4 Å². The topological polar surface area (TPSA) is 9.23 Å². The maximum Gasteiger partial charge on any atom is 0.201 e. The van der Waals surface area contributed by atoms with Gasteiger partial charge >= 0.3 is 0 Å². The lowest BCUT2D eigenvalue weighted by molar-refractivity contribution is 0.372. The molecule has 1 atom stereocenters. The zero-order valence-corrected chi connectivity index (χ0v) is 18.5. The second kappa shape index (κ2) is 9.65. The molecule has 0 radical (unpaired) electrons. The SMILES string of the molecule is CC=CC1CC=C(c2ccc(-c3ccc(-c4ccc(OC)c(F)c4F)cc3)c(F)c2F)CC1. The van der Waals surface area contributed by atoms with Crippen LogP contribution in [-0.2, 0) is 0 Å². The maximum absolute atomic E-state index is 15.0. The van der Waals surface area contributed by atoms with E-state index in [1.807, 2.05) is 19.1 Å². The Bertz CT molecular complexity index is 1230. The molecule has 3 aromatic carbocycles. The van der Waals surface area contributed by atoms with Gasteiger partial charge in [-0.05, 0) is 60.9 Å². The van der Waals surface area contributed by atoms with E-state index >= 15 is 0 Å². The zero-order chi connectivity index (χ0) is 23.5. The Morgan fingerprint density at radius 1 is 0.758 bits per heavy atom. The van der Waals surface area contributed by atoms with Crippen LogP contribution in [0, 0.1) is 29.2 Å². The molecular formula is C28H24F4O. The largest absolute Gasteiger partial charge is 0.494 e. The Kier molecular flexibility index (Phi) is 6.68. The molecule has 0 bridgehead atoms. The van der Waals surface area contributed by atoms with Crippen molar-refractivity contribution in [3.63, 3.8) is 0 Å². The number of allylic oxidation sites excluding steroid dienone is 4. The summed E-state index contributed by atoms with van der Waals surface area (Å²) in [4.78, 5) is 0. The summed E-state index contributed by atoms with van der Waals surface area (Å²) >= 11 is 0. The van der Waals surface area contributed by atoms with E-state index in [9.17, 15) is 17.6 Å². The molecule has 1 unspecified atom stereocenters. The van der Waals surface area contributed by atoms with Crippen molar-refractivity contribution in [2.24, 2.45) is 5.92 Å². The first-order chi connectivity index (χ1) is 15.9. The Hall–Kier alpha value is -3.34. The predicted octanol–water partition coefficient (Wildman–Crippen LogP) is 8.35. The number of ether oxygens (including phenoxy) is 1. The Morgan fingerprint density at radius 2 is 1.30 bits per heavy atom. The standard InChI is InChI=1S/C28H24F4O/c1-3-4-17-5-7-18(8-6-17)21-13-14-22(26(30)25(21)29)19-9-11-20(12-10-19)23-15-16-24(33-2)28(32)27(23)31/h3-4,7,9-17H,5-6,8H2,1-2H3. The highest BCUT2D eigenvalue weighted by Gasteiger charge is 2.21. The van der Waals surface area contributed by atoms with Crippen LogP contribution in [-0.4, -0.2) is 7.11 Å². The third kappa shape index (κ3) is 4.45. The van der Waals surface area contributed by atoms with Crippen LogP contribution in [0.5, 0.6) is 5.75 Å². The molecule has 3 aromatic rings. The van der Waals surface area contributed by atoms with Gasteiger partial charge in [-0.15, -0.1) is 0 Å². The molecule has 0 spiro atoms. The number of halogens is 4. The van der Waals surface area contributed by atoms with E-state index in [1.165, 1.54) is 19.2 Å². The van der Waals surface area contributed by atoms with Gasteiger partial charge in [0.2, 0.25) is 5.82 Å². The van der Waals surface area contributed by atoms with Gasteiger partial charge in [-0.1, -0.05) is 54.6 Å². The zero-order valence-electron chi connectivity index (χ0n) is 18.5. The number of benzene rings is 3. The minimum absolute atomic E-state index is 0.0577. The monoisotopic (exact) mass is 452 g/mol. The fourth-order valence-electron chi connectivity index (χ4n) is 4.31. The first kappa shape index (κ1) is 22.8. The van der Waals surface area contributed by atoms with Crippen molar-refractivity contribution in [1.29, 1.82) is 0 Å². The van der Waals surface area contributed by atoms with E-state index in [4.69, 9.17) is 4.74 Å². The third-order valence-corrected chi connectivity index (χ3v) is 6.12. The van der Waals surface area contributed by atoms with Gasteiger partial charge in [-0.3, -0.25) is 0 Å². The van der Waals surface area contributed by atoms with Crippen molar-refractivity contribution in [3.8, 4) is 28.0 Å². The van der Waals surface area contributed by atoms with Gasteiger partial charge in [-0.2, -0.15) is 4.39 Å². The van der Waals surface area contributed by atoms with E-state index in [-0.39, 0.29) is 16.9 Å². The summed E-state index contributed by atoms with van der Waals surface area (Å²) in [5.41, 5.74) is 2.16. The molecule has 1 aliphatic rings. The number of hydrogen-bond acceptors (Lipinski definition) is 1. The number of hydrogen-bond donors (Lipinski definition) is 0. The van der Waals surface area contributed by atoms with Crippen LogP contribution in [0.3, 0.4) is 0 Å². The summed E-state index contributed by atoms with van der Waals surface area (Å²) in [5, 5.41) is 0. The Morgan fingerprint density at radius 3 is 1.85 bits per heavy atom. The molecule has 1 nitrogen and oxygen atoms in total.